The van der Waals surface area contributed by atoms with Gasteiger partial charge in [0.2, 0.25) is 0 Å². The number of amides is 1. The molecule has 5 nitrogen and oxygen atoms in total. The Morgan fingerprint density at radius 3 is 2.72 bits per heavy atom. The number of rotatable bonds is 3. The molecular formula is C12H23FN2O3. The fourth-order valence-corrected chi connectivity index (χ4v) is 1.93. The van der Waals surface area contributed by atoms with Crippen LogP contribution in [0.15, 0.2) is 0 Å². The fraction of sp³-hybridized carbons (Fsp3) is 0.917. The first-order valence-corrected chi connectivity index (χ1v) is 6.28. The van der Waals surface area contributed by atoms with Gasteiger partial charge in [0.25, 0.3) is 0 Å². The number of ether oxygens (including phenoxy) is 1. The van der Waals surface area contributed by atoms with Crippen LogP contribution >= 0.6 is 0 Å². The molecule has 18 heavy (non-hydrogen) atoms. The van der Waals surface area contributed by atoms with E-state index in [1.165, 1.54) is 0 Å². The Hall–Kier alpha value is -0.880. The Balaban J connectivity index is 2.38. The molecule has 2 N–H and O–H groups in total. The molecule has 1 rings (SSSR count). The molecule has 0 saturated carbocycles. The molecule has 0 spiro atoms. The quantitative estimate of drug-likeness (QED) is 0.794. The number of hydrogen-bond donors (Lipinski definition) is 2. The van der Waals surface area contributed by atoms with Crippen LogP contribution in [0.2, 0.25) is 0 Å². The third kappa shape index (κ3) is 5.18. The highest BCUT2D eigenvalue weighted by atomic mass is 19.1. The number of carbonyl (C=O) groups is 1. The number of alkyl carbamates (subject to hydrolysis) is 1. The molecular weight excluding hydrogens is 239 g/mol. The van der Waals surface area contributed by atoms with Crippen molar-refractivity contribution in [1.29, 1.82) is 0 Å². The molecule has 0 aromatic rings. The van der Waals surface area contributed by atoms with Gasteiger partial charge < -0.3 is 15.2 Å². The van der Waals surface area contributed by atoms with E-state index in [1.54, 1.807) is 20.8 Å². The van der Waals surface area contributed by atoms with E-state index in [0.29, 0.717) is 19.5 Å². The van der Waals surface area contributed by atoms with Crippen LogP contribution in [0.4, 0.5) is 9.18 Å². The number of aliphatic hydroxyl groups excluding tert-OH is 1. The summed E-state index contributed by atoms with van der Waals surface area (Å²) in [6.45, 7) is 6.70. The molecule has 2 atom stereocenters. The summed E-state index contributed by atoms with van der Waals surface area (Å²) in [7, 11) is 0. The lowest BCUT2D eigenvalue weighted by molar-refractivity contribution is 0.0382. The van der Waals surface area contributed by atoms with Crippen LogP contribution in [0.5, 0.6) is 0 Å². The van der Waals surface area contributed by atoms with Gasteiger partial charge in [-0.1, -0.05) is 0 Å². The van der Waals surface area contributed by atoms with Crippen LogP contribution in [0, 0.1) is 0 Å². The Bertz CT molecular complexity index is 281. The minimum Gasteiger partial charge on any atom is -0.444 e. The molecule has 0 aromatic carbocycles. The predicted molar refractivity (Wildman–Crippen MR) is 66.2 cm³/mol. The van der Waals surface area contributed by atoms with Crippen LogP contribution in [0.3, 0.4) is 0 Å². The van der Waals surface area contributed by atoms with Gasteiger partial charge in [0.05, 0.1) is 12.6 Å². The average molecular weight is 262 g/mol. The van der Waals surface area contributed by atoms with Gasteiger partial charge in [0, 0.05) is 19.6 Å². The first kappa shape index (κ1) is 15.2. The number of nitrogens with one attached hydrogen (secondary N) is 1. The third-order valence-corrected chi connectivity index (χ3v) is 2.74. The molecule has 0 bridgehead atoms. The molecule has 1 aliphatic heterocycles. The number of nitrogens with zero attached hydrogens (tertiary/aromatic N) is 1. The maximum Gasteiger partial charge on any atom is 0.407 e. The summed E-state index contributed by atoms with van der Waals surface area (Å²) in [6, 6.07) is -0.505. The van der Waals surface area contributed by atoms with Crippen LogP contribution < -0.4 is 5.32 Å². The molecule has 1 aliphatic rings. The third-order valence-electron chi connectivity index (χ3n) is 2.74. The van der Waals surface area contributed by atoms with E-state index in [0.717, 1.165) is 0 Å². The minimum absolute atomic E-state index is 0.0247. The SMILES string of the molecule is CC(C)(C)OC(=O)NC1CCN(CCO)CC1F. The Labute approximate surface area is 107 Å². The van der Waals surface area contributed by atoms with E-state index in [1.807, 2.05) is 4.90 Å². The number of alkyl halides is 1. The van der Waals surface area contributed by atoms with Gasteiger partial charge in [-0.15, -0.1) is 0 Å². The first-order chi connectivity index (χ1) is 8.31. The lowest BCUT2D eigenvalue weighted by Gasteiger charge is -2.34. The molecule has 0 aliphatic carbocycles. The standard InChI is InChI=1S/C12H23FN2O3/c1-12(2,3)18-11(17)14-10-4-5-15(6-7-16)8-9(10)13/h9-10,16H,4-8H2,1-3H3,(H,14,17). The zero-order valence-electron chi connectivity index (χ0n) is 11.3. The van der Waals surface area contributed by atoms with Crippen molar-refractivity contribution < 1.29 is 19.0 Å². The summed E-state index contributed by atoms with van der Waals surface area (Å²) in [5.74, 6) is 0. The zero-order valence-corrected chi connectivity index (χ0v) is 11.3. The number of hydrogen-bond acceptors (Lipinski definition) is 4. The second-order valence-electron chi connectivity index (χ2n) is 5.58. The summed E-state index contributed by atoms with van der Waals surface area (Å²) in [6.07, 6.45) is -1.18. The largest absolute Gasteiger partial charge is 0.444 e. The fourth-order valence-electron chi connectivity index (χ4n) is 1.93. The predicted octanol–water partition coefficient (Wildman–Crippen LogP) is 0.916. The van der Waals surface area contributed by atoms with Gasteiger partial charge in [-0.25, -0.2) is 9.18 Å². The highest BCUT2D eigenvalue weighted by molar-refractivity contribution is 5.68. The maximum absolute atomic E-state index is 13.8. The van der Waals surface area contributed by atoms with Crippen LogP contribution in [0.1, 0.15) is 27.2 Å². The van der Waals surface area contributed by atoms with Crippen molar-refractivity contribution in [2.45, 2.75) is 45.0 Å². The first-order valence-electron chi connectivity index (χ1n) is 6.28. The normalized spacial score (nSPS) is 25.8. The van der Waals surface area contributed by atoms with Gasteiger partial charge in [-0.3, -0.25) is 4.90 Å². The van der Waals surface area contributed by atoms with Crippen molar-refractivity contribution >= 4 is 6.09 Å². The van der Waals surface area contributed by atoms with Gasteiger partial charge in [-0.05, 0) is 27.2 Å². The Morgan fingerprint density at radius 1 is 1.56 bits per heavy atom. The molecule has 0 radical (unpaired) electrons. The van der Waals surface area contributed by atoms with Crippen molar-refractivity contribution in [2.75, 3.05) is 26.2 Å². The average Bonchev–Trinajstić information content (AvgIpc) is 2.20. The van der Waals surface area contributed by atoms with E-state index >= 15 is 0 Å². The van der Waals surface area contributed by atoms with Crippen molar-refractivity contribution in [2.24, 2.45) is 0 Å². The molecule has 6 heteroatoms. The second-order valence-corrected chi connectivity index (χ2v) is 5.58. The van der Waals surface area contributed by atoms with Gasteiger partial charge in [-0.2, -0.15) is 0 Å². The number of piperidine rings is 1. The number of halogens is 1. The summed E-state index contributed by atoms with van der Waals surface area (Å²) in [5, 5.41) is 11.4. The van der Waals surface area contributed by atoms with E-state index in [9.17, 15) is 9.18 Å². The minimum atomic E-state index is -1.13. The van der Waals surface area contributed by atoms with Gasteiger partial charge in [0.15, 0.2) is 0 Å². The maximum atomic E-state index is 13.8. The highest BCUT2D eigenvalue weighted by Crippen LogP contribution is 2.15. The van der Waals surface area contributed by atoms with E-state index in [4.69, 9.17) is 9.84 Å². The molecule has 1 saturated heterocycles. The lowest BCUT2D eigenvalue weighted by atomic mass is 10.0. The van der Waals surface area contributed by atoms with Crippen LogP contribution in [-0.2, 0) is 4.74 Å². The molecule has 2 unspecified atom stereocenters. The summed E-state index contributed by atoms with van der Waals surface area (Å²) >= 11 is 0. The number of carbonyl (C=O) groups excluding carboxylic acids is 1. The van der Waals surface area contributed by atoms with E-state index in [-0.39, 0.29) is 13.2 Å². The van der Waals surface area contributed by atoms with Crippen molar-refractivity contribution in [3.05, 3.63) is 0 Å². The van der Waals surface area contributed by atoms with Gasteiger partial charge >= 0.3 is 6.09 Å². The Kier molecular flexibility index (Phi) is 5.34. The highest BCUT2D eigenvalue weighted by Gasteiger charge is 2.31. The summed E-state index contributed by atoms with van der Waals surface area (Å²) in [5.41, 5.74) is -0.576. The molecule has 1 amide bonds. The van der Waals surface area contributed by atoms with Crippen molar-refractivity contribution in [3.63, 3.8) is 0 Å². The van der Waals surface area contributed by atoms with Crippen LogP contribution in [-0.4, -0.2) is 60.2 Å². The topological polar surface area (TPSA) is 61.8 Å². The summed E-state index contributed by atoms with van der Waals surface area (Å²) in [4.78, 5) is 13.4. The van der Waals surface area contributed by atoms with E-state index < -0.39 is 23.9 Å². The second kappa shape index (κ2) is 6.33. The van der Waals surface area contributed by atoms with Crippen molar-refractivity contribution in [3.8, 4) is 0 Å². The number of likely N-dealkylation sites (tertiary alicyclic amines) is 1. The number of β-amino-alcohol motifs (C(OH)–C–C–N with tert-alkyl or cyclic N) is 1. The monoisotopic (exact) mass is 262 g/mol. The van der Waals surface area contributed by atoms with Crippen LogP contribution in [0.25, 0.3) is 0 Å². The lowest BCUT2D eigenvalue weighted by Crippen LogP contribution is -2.53. The molecule has 106 valence electrons. The van der Waals surface area contributed by atoms with E-state index in [2.05, 4.69) is 5.32 Å². The molecule has 0 aromatic heterocycles. The summed E-state index contributed by atoms with van der Waals surface area (Å²) < 4.78 is 18.9. The zero-order chi connectivity index (χ0) is 13.8. The smallest absolute Gasteiger partial charge is 0.407 e. The number of aliphatic hydroxyl groups is 1. The van der Waals surface area contributed by atoms with Gasteiger partial charge in [0.1, 0.15) is 11.8 Å². The molecule has 1 heterocycles. The Morgan fingerprint density at radius 2 is 2.22 bits per heavy atom. The van der Waals surface area contributed by atoms with Crippen molar-refractivity contribution in [1.82, 2.24) is 10.2 Å². The molecule has 1 fully saturated rings.